The molecule has 0 saturated carbocycles. The number of benzene rings is 1. The first-order valence-corrected chi connectivity index (χ1v) is 9.94. The van der Waals surface area contributed by atoms with Gasteiger partial charge in [0.1, 0.15) is 12.1 Å². The van der Waals surface area contributed by atoms with Gasteiger partial charge in [-0.05, 0) is 31.9 Å². The minimum atomic E-state index is -0.947. The van der Waals surface area contributed by atoms with E-state index in [0.717, 1.165) is 11.1 Å². The number of aryl methyl sites for hydroxylation is 1. The minimum Gasteiger partial charge on any atom is -0.493 e. The number of esters is 2. The fourth-order valence-corrected chi connectivity index (χ4v) is 3.06. The molecule has 0 aliphatic heterocycles. The number of aromatic nitrogens is 1. The molecule has 8 heteroatoms. The van der Waals surface area contributed by atoms with Crippen LogP contribution in [-0.2, 0) is 14.3 Å². The van der Waals surface area contributed by atoms with Crippen LogP contribution in [-0.4, -0.2) is 42.1 Å². The lowest BCUT2D eigenvalue weighted by Gasteiger charge is -2.24. The molecule has 1 N–H and O–H groups in total. The third-order valence-electron chi connectivity index (χ3n) is 4.94. The molecule has 0 radical (unpaired) electrons. The van der Waals surface area contributed by atoms with Crippen molar-refractivity contribution >= 4 is 17.8 Å². The van der Waals surface area contributed by atoms with Gasteiger partial charge >= 0.3 is 11.9 Å². The second kappa shape index (κ2) is 10.6. The maximum atomic E-state index is 12.7. The van der Waals surface area contributed by atoms with Crippen LogP contribution in [0.5, 0.6) is 11.5 Å². The molecule has 0 spiro atoms. The Balaban J connectivity index is 2.08. The highest BCUT2D eigenvalue weighted by molar-refractivity contribution is 5.98. The van der Waals surface area contributed by atoms with Crippen LogP contribution >= 0.6 is 0 Å². The first-order chi connectivity index (χ1) is 14.6. The van der Waals surface area contributed by atoms with Crippen molar-refractivity contribution in [1.82, 2.24) is 10.3 Å². The summed E-state index contributed by atoms with van der Waals surface area (Å²) >= 11 is 0. The molecular weight excluding hydrogens is 400 g/mol. The van der Waals surface area contributed by atoms with Gasteiger partial charge < -0.3 is 19.5 Å². The predicted molar refractivity (Wildman–Crippen MR) is 114 cm³/mol. The largest absolute Gasteiger partial charge is 0.493 e. The number of hydrogen-bond acceptors (Lipinski definition) is 7. The van der Waals surface area contributed by atoms with Gasteiger partial charge in [0, 0.05) is 25.1 Å². The molecule has 0 saturated heterocycles. The molecule has 2 rings (SSSR count). The molecule has 1 heterocycles. The molecule has 0 aliphatic rings. The summed E-state index contributed by atoms with van der Waals surface area (Å²) in [7, 11) is 1.38. The van der Waals surface area contributed by atoms with Gasteiger partial charge in [-0.25, -0.2) is 9.78 Å². The average molecular weight is 428 g/mol. The molecule has 3 atom stereocenters. The van der Waals surface area contributed by atoms with E-state index in [1.54, 1.807) is 0 Å². The zero-order valence-corrected chi connectivity index (χ0v) is 18.6. The topological polar surface area (TPSA) is 104 Å². The van der Waals surface area contributed by atoms with Gasteiger partial charge in [0.05, 0.1) is 7.11 Å². The number of carbonyl (C=O) groups is 3. The Morgan fingerprint density at radius 3 is 2.35 bits per heavy atom. The van der Waals surface area contributed by atoms with Gasteiger partial charge in [-0.15, -0.1) is 0 Å². The highest BCUT2D eigenvalue weighted by Crippen LogP contribution is 2.30. The number of nitrogens with one attached hydrogen (secondary N) is 1. The Hall–Kier alpha value is -3.42. The van der Waals surface area contributed by atoms with Crippen LogP contribution in [0.1, 0.15) is 55.2 Å². The van der Waals surface area contributed by atoms with E-state index in [-0.39, 0.29) is 23.1 Å². The van der Waals surface area contributed by atoms with Crippen LogP contribution in [0.3, 0.4) is 0 Å². The maximum Gasteiger partial charge on any atom is 0.328 e. The number of amides is 1. The minimum absolute atomic E-state index is 0.0244. The summed E-state index contributed by atoms with van der Waals surface area (Å²) in [6, 6.07) is 8.42. The first-order valence-electron chi connectivity index (χ1n) is 9.94. The summed E-state index contributed by atoms with van der Waals surface area (Å²) in [6.07, 6.45) is 0.940. The molecule has 1 aromatic heterocycles. The molecule has 3 unspecified atom stereocenters. The number of pyridine rings is 1. The van der Waals surface area contributed by atoms with E-state index in [0.29, 0.717) is 0 Å². The predicted octanol–water partition coefficient (Wildman–Crippen LogP) is 3.18. The monoisotopic (exact) mass is 428 g/mol. The Bertz CT molecular complexity index is 959. The van der Waals surface area contributed by atoms with Crippen molar-refractivity contribution in [3.63, 3.8) is 0 Å². The lowest BCUT2D eigenvalue weighted by molar-refractivity contribution is -0.151. The summed E-state index contributed by atoms with van der Waals surface area (Å²) in [5, 5.41) is 2.53. The number of nitrogens with zero attached hydrogens (tertiary/aromatic N) is 1. The van der Waals surface area contributed by atoms with E-state index >= 15 is 0 Å². The number of carbonyl (C=O) groups excluding carboxylic acids is 3. The van der Waals surface area contributed by atoms with Gasteiger partial charge in [0.2, 0.25) is 5.75 Å². The van der Waals surface area contributed by atoms with Crippen molar-refractivity contribution in [3.8, 4) is 11.5 Å². The SMILES string of the molecule is COc1ccnc(C(=O)NC(C)C(=O)OC(C)C(C)c2ccccc2C)c1OC(C)=O. The third-order valence-corrected chi connectivity index (χ3v) is 4.94. The zero-order valence-electron chi connectivity index (χ0n) is 18.6. The van der Waals surface area contributed by atoms with E-state index in [1.807, 2.05) is 45.0 Å². The number of ether oxygens (including phenoxy) is 3. The van der Waals surface area contributed by atoms with Crippen molar-refractivity contribution in [2.24, 2.45) is 0 Å². The summed E-state index contributed by atoms with van der Waals surface area (Å²) in [6.45, 7) is 8.51. The molecule has 1 aromatic carbocycles. The van der Waals surface area contributed by atoms with E-state index < -0.39 is 30.0 Å². The normalized spacial score (nSPS) is 13.5. The van der Waals surface area contributed by atoms with Crippen LogP contribution in [0.25, 0.3) is 0 Å². The van der Waals surface area contributed by atoms with Gasteiger partial charge in [-0.3, -0.25) is 9.59 Å². The van der Waals surface area contributed by atoms with Crippen molar-refractivity contribution in [2.45, 2.75) is 52.7 Å². The summed E-state index contributed by atoms with van der Waals surface area (Å²) in [4.78, 5) is 40.6. The fraction of sp³-hybridized carbons (Fsp3) is 0.391. The highest BCUT2D eigenvalue weighted by Gasteiger charge is 2.27. The molecule has 1 amide bonds. The zero-order chi connectivity index (χ0) is 23.1. The molecule has 0 bridgehead atoms. The van der Waals surface area contributed by atoms with Crippen molar-refractivity contribution in [1.29, 1.82) is 0 Å². The Labute approximate surface area is 181 Å². The summed E-state index contributed by atoms with van der Waals surface area (Å²) in [5.74, 6) is -1.88. The summed E-state index contributed by atoms with van der Waals surface area (Å²) in [5.41, 5.74) is 2.03. The van der Waals surface area contributed by atoms with Crippen molar-refractivity contribution in [2.75, 3.05) is 7.11 Å². The summed E-state index contributed by atoms with van der Waals surface area (Å²) < 4.78 is 15.8. The lowest BCUT2D eigenvalue weighted by Crippen LogP contribution is -2.41. The van der Waals surface area contributed by atoms with Crippen molar-refractivity contribution in [3.05, 3.63) is 53.3 Å². The number of methoxy groups -OCH3 is 1. The lowest BCUT2D eigenvalue weighted by atomic mass is 9.92. The van der Waals surface area contributed by atoms with Gasteiger partial charge in [-0.2, -0.15) is 0 Å². The number of hydrogen-bond donors (Lipinski definition) is 1. The van der Waals surface area contributed by atoms with Crippen LogP contribution in [0.15, 0.2) is 36.5 Å². The molecule has 31 heavy (non-hydrogen) atoms. The quantitative estimate of drug-likeness (QED) is 0.644. The molecular formula is C23H28N2O6. The third kappa shape index (κ3) is 6.04. The highest BCUT2D eigenvalue weighted by atomic mass is 16.6. The first kappa shape index (κ1) is 23.9. The Morgan fingerprint density at radius 1 is 1.06 bits per heavy atom. The maximum absolute atomic E-state index is 12.7. The number of rotatable bonds is 8. The Kier molecular flexibility index (Phi) is 8.13. The second-order valence-electron chi connectivity index (χ2n) is 7.27. The fourth-order valence-electron chi connectivity index (χ4n) is 3.06. The van der Waals surface area contributed by atoms with Crippen molar-refractivity contribution < 1.29 is 28.6 Å². The van der Waals surface area contributed by atoms with E-state index in [1.165, 1.54) is 33.2 Å². The van der Waals surface area contributed by atoms with Crippen LogP contribution in [0.2, 0.25) is 0 Å². The average Bonchev–Trinajstić information content (AvgIpc) is 2.73. The van der Waals surface area contributed by atoms with Gasteiger partial charge in [-0.1, -0.05) is 31.2 Å². The smallest absolute Gasteiger partial charge is 0.328 e. The van der Waals surface area contributed by atoms with Gasteiger partial charge in [0.25, 0.3) is 5.91 Å². The molecule has 2 aromatic rings. The van der Waals surface area contributed by atoms with Crippen LogP contribution < -0.4 is 14.8 Å². The molecule has 8 nitrogen and oxygen atoms in total. The van der Waals surface area contributed by atoms with Crippen LogP contribution in [0.4, 0.5) is 0 Å². The van der Waals surface area contributed by atoms with E-state index in [2.05, 4.69) is 10.3 Å². The molecule has 166 valence electrons. The van der Waals surface area contributed by atoms with E-state index in [9.17, 15) is 14.4 Å². The van der Waals surface area contributed by atoms with Gasteiger partial charge in [0.15, 0.2) is 11.4 Å². The standard InChI is InChI=1S/C23H28N2O6/c1-13-9-7-8-10-18(13)14(2)16(4)30-23(28)15(3)25-22(27)20-21(31-17(5)26)19(29-6)11-12-24-20/h7-12,14-16H,1-6H3,(H,25,27). The molecule has 0 aliphatic carbocycles. The second-order valence-corrected chi connectivity index (χ2v) is 7.27. The molecule has 0 fully saturated rings. The van der Waals surface area contributed by atoms with Crippen LogP contribution in [0, 0.1) is 6.92 Å². The Morgan fingerprint density at radius 2 is 1.74 bits per heavy atom. The van der Waals surface area contributed by atoms with E-state index in [4.69, 9.17) is 14.2 Å².